The van der Waals surface area contributed by atoms with Crippen LogP contribution in [0.15, 0.2) is 200 Å². The van der Waals surface area contributed by atoms with E-state index in [1.807, 2.05) is 84.9 Å². The number of fused-ring (bicyclic) bond motifs is 11. The van der Waals surface area contributed by atoms with Crippen LogP contribution in [0.3, 0.4) is 0 Å². The molecule has 0 unspecified atom stereocenters. The van der Waals surface area contributed by atoms with Crippen molar-refractivity contribution in [1.82, 2.24) is 9.97 Å². The van der Waals surface area contributed by atoms with E-state index >= 15 is 4.57 Å². The molecule has 2 aliphatic rings. The second-order valence-electron chi connectivity index (χ2n) is 14.4. The van der Waals surface area contributed by atoms with Crippen LogP contribution in [0.2, 0.25) is 0 Å². The number of hydrogen-bond acceptors (Lipinski definition) is 3. The highest BCUT2D eigenvalue weighted by atomic mass is 31.2. The lowest BCUT2D eigenvalue weighted by atomic mass is 9.69. The van der Waals surface area contributed by atoms with Crippen LogP contribution in [-0.2, 0) is 9.98 Å². The van der Waals surface area contributed by atoms with Crippen molar-refractivity contribution in [3.05, 3.63) is 222 Å². The molecule has 2 aliphatic carbocycles. The van der Waals surface area contributed by atoms with Crippen LogP contribution in [0.1, 0.15) is 22.3 Å². The first-order chi connectivity index (χ1) is 27.2. The average Bonchev–Trinajstić information content (AvgIpc) is 3.74. The molecule has 4 heteroatoms. The highest BCUT2D eigenvalue weighted by molar-refractivity contribution is 7.85. The van der Waals surface area contributed by atoms with E-state index in [4.69, 9.17) is 9.97 Å². The molecule has 55 heavy (non-hydrogen) atoms. The second-order valence-corrected chi connectivity index (χ2v) is 17.1. The van der Waals surface area contributed by atoms with Crippen molar-refractivity contribution < 1.29 is 4.57 Å². The third-order valence-electron chi connectivity index (χ3n) is 11.6. The van der Waals surface area contributed by atoms with Crippen molar-refractivity contribution in [3.8, 4) is 45.0 Å². The molecule has 0 fully saturated rings. The predicted molar refractivity (Wildman–Crippen MR) is 226 cm³/mol. The van der Waals surface area contributed by atoms with E-state index < -0.39 is 12.6 Å². The Morgan fingerprint density at radius 1 is 0.382 bits per heavy atom. The van der Waals surface area contributed by atoms with Gasteiger partial charge in [0.05, 0.1) is 16.8 Å². The summed E-state index contributed by atoms with van der Waals surface area (Å²) in [5, 5.41) is 4.68. The second kappa shape index (κ2) is 12.2. The summed E-state index contributed by atoms with van der Waals surface area (Å²) in [6.07, 6.45) is 0. The molecule has 0 radical (unpaired) electrons. The Balaban J connectivity index is 1.19. The Morgan fingerprint density at radius 2 is 0.818 bits per heavy atom. The van der Waals surface area contributed by atoms with Gasteiger partial charge >= 0.3 is 0 Å². The number of nitrogens with zero attached hydrogens (tertiary/aromatic N) is 2. The Morgan fingerprint density at radius 3 is 1.44 bits per heavy atom. The first-order valence-electron chi connectivity index (χ1n) is 18.7. The molecule has 0 aliphatic heterocycles. The number of hydrogen-bond donors (Lipinski definition) is 0. The van der Waals surface area contributed by atoms with Crippen molar-refractivity contribution >= 4 is 33.8 Å². The van der Waals surface area contributed by atoms with E-state index in [0.717, 1.165) is 60.3 Å². The van der Waals surface area contributed by atoms with Gasteiger partial charge in [-0.15, -0.1) is 0 Å². The SMILES string of the molecule is O=P(c1ccccc1)(c1ccccc1)c1ccc(-c2nc3c(c(-c4cccc5ccccc45)n2)C2(c4ccccc4-c4ccccc42)c2ccccc2-3)cc1. The zero-order valence-corrected chi connectivity index (χ0v) is 30.7. The Kier molecular flexibility index (Phi) is 7.05. The summed E-state index contributed by atoms with van der Waals surface area (Å²) in [5.41, 5.74) is 11.6. The lowest BCUT2D eigenvalue weighted by Crippen LogP contribution is -2.27. The molecule has 1 aromatic heterocycles. The average molecular weight is 721 g/mol. The van der Waals surface area contributed by atoms with Crippen LogP contribution >= 0.6 is 7.14 Å². The van der Waals surface area contributed by atoms with E-state index in [1.165, 1.54) is 27.8 Å². The molecule has 0 saturated carbocycles. The maximum absolute atomic E-state index is 15.2. The van der Waals surface area contributed by atoms with Gasteiger partial charge in [-0.3, -0.25) is 0 Å². The first-order valence-corrected chi connectivity index (χ1v) is 20.4. The van der Waals surface area contributed by atoms with Gasteiger partial charge in [0.2, 0.25) is 0 Å². The largest absolute Gasteiger partial charge is 0.309 e. The molecule has 3 nitrogen and oxygen atoms in total. The van der Waals surface area contributed by atoms with Crippen LogP contribution in [0.4, 0.5) is 0 Å². The fraction of sp³-hybridized carbons (Fsp3) is 0.0196. The molecule has 9 aromatic rings. The van der Waals surface area contributed by atoms with Crippen LogP contribution < -0.4 is 15.9 Å². The number of rotatable bonds is 5. The van der Waals surface area contributed by atoms with Gasteiger partial charge in [0.25, 0.3) is 0 Å². The van der Waals surface area contributed by atoms with Gasteiger partial charge in [0.1, 0.15) is 0 Å². The van der Waals surface area contributed by atoms with Crippen LogP contribution in [-0.4, -0.2) is 9.97 Å². The molecule has 0 bridgehead atoms. The van der Waals surface area contributed by atoms with Crippen LogP contribution in [0.25, 0.3) is 55.8 Å². The molecule has 1 heterocycles. The fourth-order valence-electron chi connectivity index (χ4n) is 9.26. The predicted octanol–water partition coefficient (Wildman–Crippen LogP) is 10.9. The van der Waals surface area contributed by atoms with Gasteiger partial charge in [-0.2, -0.15) is 0 Å². The molecule has 8 aromatic carbocycles. The Labute approximate surface area is 320 Å². The van der Waals surface area contributed by atoms with E-state index in [2.05, 4.69) is 115 Å². The minimum atomic E-state index is -3.15. The molecular formula is C51H33N2OP. The third-order valence-corrected chi connectivity index (χ3v) is 14.7. The molecule has 0 saturated heterocycles. The summed E-state index contributed by atoms with van der Waals surface area (Å²) in [7, 11) is -3.15. The van der Waals surface area contributed by atoms with E-state index in [-0.39, 0.29) is 0 Å². The molecule has 0 amide bonds. The summed E-state index contributed by atoms with van der Waals surface area (Å²) in [6, 6.07) is 69.2. The maximum atomic E-state index is 15.2. The van der Waals surface area contributed by atoms with Gasteiger partial charge in [0.15, 0.2) is 13.0 Å². The van der Waals surface area contributed by atoms with Crippen molar-refractivity contribution in [2.75, 3.05) is 0 Å². The van der Waals surface area contributed by atoms with Gasteiger partial charge < -0.3 is 4.57 Å². The molecule has 258 valence electrons. The summed E-state index contributed by atoms with van der Waals surface area (Å²) < 4.78 is 15.2. The van der Waals surface area contributed by atoms with E-state index in [0.29, 0.717) is 5.82 Å². The minimum absolute atomic E-state index is 0.605. The molecule has 11 rings (SSSR count). The first kappa shape index (κ1) is 31.8. The van der Waals surface area contributed by atoms with E-state index in [1.54, 1.807) is 0 Å². The van der Waals surface area contributed by atoms with Crippen molar-refractivity contribution in [2.45, 2.75) is 5.41 Å². The third kappa shape index (κ3) is 4.48. The molecule has 0 atom stereocenters. The highest BCUT2D eigenvalue weighted by Crippen LogP contribution is 2.64. The number of benzene rings is 8. The van der Waals surface area contributed by atoms with E-state index in [9.17, 15) is 0 Å². The number of aromatic nitrogens is 2. The van der Waals surface area contributed by atoms with Crippen molar-refractivity contribution in [2.24, 2.45) is 0 Å². The smallest absolute Gasteiger partial charge is 0.171 e. The zero-order chi connectivity index (χ0) is 36.6. The standard InChI is InChI=1S/C51H33N2OP/c54-55(36-18-3-1-4-19-36,37-20-5-2-6-21-37)38-32-30-35(31-33-38)50-52-48(42-26-15-17-34-16-7-8-22-39(34)42)47-49(53-50)43-25-11-14-29-46(43)51(47)44-27-12-9-23-40(44)41-24-10-13-28-45(41)51/h1-33H. The van der Waals surface area contributed by atoms with Crippen LogP contribution in [0.5, 0.6) is 0 Å². The molecule has 0 N–H and O–H groups in total. The monoisotopic (exact) mass is 720 g/mol. The van der Waals surface area contributed by atoms with Crippen molar-refractivity contribution in [3.63, 3.8) is 0 Å². The maximum Gasteiger partial charge on any atom is 0.171 e. The minimum Gasteiger partial charge on any atom is -0.309 e. The van der Waals surface area contributed by atoms with Gasteiger partial charge in [-0.1, -0.05) is 200 Å². The quantitative estimate of drug-likeness (QED) is 0.166. The fourth-order valence-corrected chi connectivity index (χ4v) is 11.9. The highest BCUT2D eigenvalue weighted by Gasteiger charge is 2.54. The summed E-state index contributed by atoms with van der Waals surface area (Å²) >= 11 is 0. The zero-order valence-electron chi connectivity index (χ0n) is 29.8. The Hall–Kier alpha value is -6.67. The van der Waals surface area contributed by atoms with Gasteiger partial charge in [-0.05, 0) is 38.6 Å². The lowest BCUT2D eigenvalue weighted by Gasteiger charge is -2.31. The topological polar surface area (TPSA) is 42.9 Å². The normalized spacial score (nSPS) is 13.3. The van der Waals surface area contributed by atoms with Gasteiger partial charge in [-0.25, -0.2) is 9.97 Å². The van der Waals surface area contributed by atoms with Crippen molar-refractivity contribution in [1.29, 1.82) is 0 Å². The van der Waals surface area contributed by atoms with Crippen LogP contribution in [0, 0.1) is 0 Å². The molecular weight excluding hydrogens is 688 g/mol. The summed E-state index contributed by atoms with van der Waals surface area (Å²) in [4.78, 5) is 11.1. The Bertz CT molecular complexity index is 2920. The summed E-state index contributed by atoms with van der Waals surface area (Å²) in [6.45, 7) is 0. The summed E-state index contributed by atoms with van der Waals surface area (Å²) in [5.74, 6) is 0.633. The molecule has 1 spiro atoms. The van der Waals surface area contributed by atoms with Gasteiger partial charge in [0, 0.05) is 38.2 Å². The lowest BCUT2D eigenvalue weighted by molar-refractivity contribution is 0.592.